The lowest BCUT2D eigenvalue weighted by Gasteiger charge is -2.22. The third kappa shape index (κ3) is 4.37. The van der Waals surface area contributed by atoms with Crippen molar-refractivity contribution in [1.29, 1.82) is 0 Å². The highest BCUT2D eigenvalue weighted by Gasteiger charge is 2.19. The minimum absolute atomic E-state index is 0.186. The van der Waals surface area contributed by atoms with Crippen molar-refractivity contribution in [2.45, 2.75) is 26.0 Å². The van der Waals surface area contributed by atoms with Crippen molar-refractivity contribution in [3.05, 3.63) is 53.1 Å². The highest BCUT2D eigenvalue weighted by Crippen LogP contribution is 2.32. The van der Waals surface area contributed by atoms with Crippen molar-refractivity contribution in [1.82, 2.24) is 5.32 Å². The Labute approximate surface area is 151 Å². The largest absolute Gasteiger partial charge is 0.486 e. The predicted molar refractivity (Wildman–Crippen MR) is 95.5 cm³/mol. The highest BCUT2D eigenvalue weighted by atomic mass is 35.5. The van der Waals surface area contributed by atoms with Crippen molar-refractivity contribution in [2.75, 3.05) is 13.2 Å². The van der Waals surface area contributed by atoms with Gasteiger partial charge in [-0.15, -0.1) is 0 Å². The molecule has 2 aromatic rings. The number of carbonyl (C=O) groups is 1. The van der Waals surface area contributed by atoms with Gasteiger partial charge in [0.05, 0.1) is 6.04 Å². The van der Waals surface area contributed by atoms with E-state index in [1.54, 1.807) is 31.2 Å². The minimum atomic E-state index is -0.641. The number of nitrogens with one attached hydrogen (secondary N) is 1. The molecule has 6 heteroatoms. The maximum atomic E-state index is 12.4. The minimum Gasteiger partial charge on any atom is -0.486 e. The van der Waals surface area contributed by atoms with E-state index in [0.29, 0.717) is 29.7 Å². The van der Waals surface area contributed by atoms with E-state index in [4.69, 9.17) is 25.8 Å². The van der Waals surface area contributed by atoms with E-state index >= 15 is 0 Å². The molecule has 25 heavy (non-hydrogen) atoms. The second-order valence-electron chi connectivity index (χ2n) is 5.85. The number of ether oxygens (including phenoxy) is 3. The molecule has 2 atom stereocenters. The lowest BCUT2D eigenvalue weighted by atomic mass is 10.1. The van der Waals surface area contributed by atoms with Crippen LogP contribution in [0.25, 0.3) is 0 Å². The van der Waals surface area contributed by atoms with Gasteiger partial charge in [0.2, 0.25) is 0 Å². The fraction of sp³-hybridized carbons (Fsp3) is 0.316. The molecule has 1 aliphatic heterocycles. The molecule has 5 nitrogen and oxygen atoms in total. The van der Waals surface area contributed by atoms with Crippen molar-refractivity contribution >= 4 is 17.5 Å². The van der Waals surface area contributed by atoms with Gasteiger partial charge in [-0.3, -0.25) is 4.79 Å². The van der Waals surface area contributed by atoms with Crippen LogP contribution in [0, 0.1) is 0 Å². The summed E-state index contributed by atoms with van der Waals surface area (Å²) in [6, 6.07) is 12.5. The molecule has 0 aromatic heterocycles. The first-order valence-corrected chi connectivity index (χ1v) is 8.53. The Morgan fingerprint density at radius 3 is 2.64 bits per heavy atom. The molecule has 0 spiro atoms. The van der Waals surface area contributed by atoms with Crippen LogP contribution in [0.15, 0.2) is 42.5 Å². The Morgan fingerprint density at radius 2 is 1.88 bits per heavy atom. The fourth-order valence-corrected chi connectivity index (χ4v) is 2.72. The first-order chi connectivity index (χ1) is 12.0. The second-order valence-corrected chi connectivity index (χ2v) is 6.29. The van der Waals surface area contributed by atoms with Crippen LogP contribution in [0.2, 0.25) is 5.02 Å². The third-order valence-electron chi connectivity index (χ3n) is 3.90. The number of benzene rings is 2. The quantitative estimate of drug-likeness (QED) is 0.881. The number of amides is 1. The average Bonchev–Trinajstić information content (AvgIpc) is 2.61. The summed E-state index contributed by atoms with van der Waals surface area (Å²) in [7, 11) is 0. The Hall–Kier alpha value is -2.40. The van der Waals surface area contributed by atoms with Crippen LogP contribution in [0.3, 0.4) is 0 Å². The molecule has 1 N–H and O–H groups in total. The normalized spacial score (nSPS) is 15.2. The SMILES string of the molecule is C[C@H](Oc1cccc(Cl)c1)C(=O)N[C@H](C)c1ccc2c(c1)OCCO2. The first kappa shape index (κ1) is 17.4. The molecule has 0 radical (unpaired) electrons. The van der Waals surface area contributed by atoms with Crippen molar-refractivity contribution in [3.8, 4) is 17.2 Å². The van der Waals surface area contributed by atoms with E-state index in [-0.39, 0.29) is 11.9 Å². The number of fused-ring (bicyclic) bond motifs is 1. The summed E-state index contributed by atoms with van der Waals surface area (Å²) >= 11 is 5.93. The molecule has 0 unspecified atom stereocenters. The molecule has 1 aliphatic rings. The lowest BCUT2D eigenvalue weighted by molar-refractivity contribution is -0.127. The zero-order valence-electron chi connectivity index (χ0n) is 14.1. The Kier molecular flexibility index (Phi) is 5.34. The van der Waals surface area contributed by atoms with E-state index in [2.05, 4.69) is 5.32 Å². The summed E-state index contributed by atoms with van der Waals surface area (Å²) in [6.45, 7) is 4.70. The van der Waals surface area contributed by atoms with Crippen LogP contribution in [0.4, 0.5) is 0 Å². The Balaban J connectivity index is 1.61. The summed E-state index contributed by atoms with van der Waals surface area (Å²) in [5.41, 5.74) is 0.938. The molecule has 0 saturated heterocycles. The summed E-state index contributed by atoms with van der Waals surface area (Å²) in [5.74, 6) is 1.78. The summed E-state index contributed by atoms with van der Waals surface area (Å²) in [5, 5.41) is 3.51. The highest BCUT2D eigenvalue weighted by molar-refractivity contribution is 6.30. The van der Waals surface area contributed by atoms with Gasteiger partial charge in [-0.05, 0) is 49.7 Å². The van der Waals surface area contributed by atoms with Crippen molar-refractivity contribution in [3.63, 3.8) is 0 Å². The topological polar surface area (TPSA) is 56.8 Å². The molecule has 0 fully saturated rings. The van der Waals surface area contributed by atoms with Crippen LogP contribution in [-0.4, -0.2) is 25.2 Å². The fourth-order valence-electron chi connectivity index (χ4n) is 2.54. The van der Waals surface area contributed by atoms with Gasteiger partial charge in [-0.1, -0.05) is 23.7 Å². The van der Waals surface area contributed by atoms with E-state index in [0.717, 1.165) is 11.3 Å². The van der Waals surface area contributed by atoms with Crippen molar-refractivity contribution in [2.24, 2.45) is 0 Å². The van der Waals surface area contributed by atoms with Gasteiger partial charge < -0.3 is 19.5 Å². The smallest absolute Gasteiger partial charge is 0.261 e. The number of halogens is 1. The van der Waals surface area contributed by atoms with Gasteiger partial charge in [-0.2, -0.15) is 0 Å². The molecule has 0 aliphatic carbocycles. The Morgan fingerprint density at radius 1 is 1.12 bits per heavy atom. The summed E-state index contributed by atoms with van der Waals surface area (Å²) in [6.07, 6.45) is -0.641. The number of hydrogen-bond donors (Lipinski definition) is 1. The number of carbonyl (C=O) groups excluding carboxylic acids is 1. The monoisotopic (exact) mass is 361 g/mol. The zero-order valence-corrected chi connectivity index (χ0v) is 14.9. The van der Waals surface area contributed by atoms with E-state index < -0.39 is 6.10 Å². The average molecular weight is 362 g/mol. The molecular formula is C19H20ClNO4. The zero-order chi connectivity index (χ0) is 17.8. The molecule has 132 valence electrons. The van der Waals surface area contributed by atoms with E-state index in [1.807, 2.05) is 25.1 Å². The predicted octanol–water partition coefficient (Wildman–Crippen LogP) is 3.76. The molecule has 0 saturated carbocycles. The van der Waals surface area contributed by atoms with Gasteiger partial charge in [0.15, 0.2) is 17.6 Å². The summed E-state index contributed by atoms with van der Waals surface area (Å²) < 4.78 is 16.7. The molecule has 2 aromatic carbocycles. The van der Waals surface area contributed by atoms with Crippen LogP contribution in [0.1, 0.15) is 25.5 Å². The van der Waals surface area contributed by atoms with Crippen LogP contribution >= 0.6 is 11.6 Å². The van der Waals surface area contributed by atoms with Gasteiger partial charge in [-0.25, -0.2) is 0 Å². The molecule has 1 amide bonds. The number of rotatable bonds is 5. The second kappa shape index (κ2) is 7.66. The van der Waals surface area contributed by atoms with Gasteiger partial charge >= 0.3 is 0 Å². The van der Waals surface area contributed by atoms with Gasteiger partial charge in [0.1, 0.15) is 19.0 Å². The Bertz CT molecular complexity index is 765. The number of hydrogen-bond acceptors (Lipinski definition) is 4. The third-order valence-corrected chi connectivity index (χ3v) is 4.14. The van der Waals surface area contributed by atoms with Crippen LogP contribution in [0.5, 0.6) is 17.2 Å². The molecule has 1 heterocycles. The van der Waals surface area contributed by atoms with Crippen LogP contribution < -0.4 is 19.5 Å². The maximum absolute atomic E-state index is 12.4. The molecular weight excluding hydrogens is 342 g/mol. The summed E-state index contributed by atoms with van der Waals surface area (Å²) in [4.78, 5) is 12.4. The first-order valence-electron chi connectivity index (χ1n) is 8.15. The molecule has 3 rings (SSSR count). The van der Waals surface area contributed by atoms with Gasteiger partial charge in [0.25, 0.3) is 5.91 Å². The van der Waals surface area contributed by atoms with Gasteiger partial charge in [0, 0.05) is 5.02 Å². The van der Waals surface area contributed by atoms with E-state index in [1.165, 1.54) is 0 Å². The maximum Gasteiger partial charge on any atom is 0.261 e. The standard InChI is InChI=1S/C19H20ClNO4/c1-12(14-6-7-17-18(10-14)24-9-8-23-17)21-19(22)13(2)25-16-5-3-4-15(20)11-16/h3-7,10-13H,8-9H2,1-2H3,(H,21,22)/t12-,13+/m1/s1. The molecule has 0 bridgehead atoms. The lowest BCUT2D eigenvalue weighted by Crippen LogP contribution is -2.37. The van der Waals surface area contributed by atoms with E-state index in [9.17, 15) is 4.79 Å². The van der Waals surface area contributed by atoms with Crippen LogP contribution in [-0.2, 0) is 4.79 Å². The van der Waals surface area contributed by atoms with Crippen molar-refractivity contribution < 1.29 is 19.0 Å².